The van der Waals surface area contributed by atoms with E-state index in [0.29, 0.717) is 5.52 Å². The van der Waals surface area contributed by atoms with Crippen LogP contribution in [0.4, 0.5) is 5.69 Å². The zero-order chi connectivity index (χ0) is 18.6. The fourth-order valence-electron chi connectivity index (χ4n) is 2.49. The highest BCUT2D eigenvalue weighted by atomic mass is 32.2. The van der Waals surface area contributed by atoms with Gasteiger partial charge in [0.1, 0.15) is 4.90 Å². The van der Waals surface area contributed by atoms with Crippen LogP contribution in [0.1, 0.15) is 5.56 Å². The Labute approximate surface area is 153 Å². The minimum Gasteiger partial charge on any atom is -0.378 e. The molecule has 0 fully saturated rings. The highest BCUT2D eigenvalue weighted by Gasteiger charge is 2.16. The summed E-state index contributed by atoms with van der Waals surface area (Å²) in [6.45, 7) is 0.0288. The Hall–Kier alpha value is -2.88. The molecule has 0 atom stereocenters. The molecule has 0 unspecified atom stereocenters. The predicted octanol–water partition coefficient (Wildman–Crippen LogP) is 2.63. The Morgan fingerprint density at radius 3 is 2.50 bits per heavy atom. The van der Waals surface area contributed by atoms with Crippen molar-refractivity contribution in [2.75, 3.05) is 25.5 Å². The van der Waals surface area contributed by atoms with E-state index in [4.69, 9.17) is 0 Å². The topological polar surface area (TPSA) is 62.3 Å². The van der Waals surface area contributed by atoms with E-state index < -0.39 is 10.0 Å². The van der Waals surface area contributed by atoms with Gasteiger partial charge < -0.3 is 4.90 Å². The van der Waals surface area contributed by atoms with Gasteiger partial charge in [0.2, 0.25) is 10.0 Å². The lowest BCUT2D eigenvalue weighted by molar-refractivity contribution is 0.587. The molecule has 1 heterocycles. The zero-order valence-corrected chi connectivity index (χ0v) is 15.4. The second-order valence-corrected chi connectivity index (χ2v) is 7.63. The number of nitrogens with zero attached hydrogens (tertiary/aromatic N) is 2. The third-order valence-corrected chi connectivity index (χ3v) is 5.29. The number of sulfonamides is 1. The van der Waals surface area contributed by atoms with Crippen molar-refractivity contribution in [3.05, 3.63) is 66.4 Å². The normalized spacial score (nSPS) is 11.0. The number of para-hydroxylation sites is 1. The van der Waals surface area contributed by atoms with Crippen molar-refractivity contribution in [3.63, 3.8) is 0 Å². The van der Waals surface area contributed by atoms with Crippen LogP contribution >= 0.6 is 0 Å². The van der Waals surface area contributed by atoms with Gasteiger partial charge in [0.25, 0.3) is 0 Å². The summed E-state index contributed by atoms with van der Waals surface area (Å²) in [6, 6.07) is 16.4. The van der Waals surface area contributed by atoms with Gasteiger partial charge in [-0.2, -0.15) is 4.72 Å². The average Bonchev–Trinajstić information content (AvgIpc) is 2.65. The number of pyridine rings is 1. The maximum absolute atomic E-state index is 12.6. The van der Waals surface area contributed by atoms with Crippen LogP contribution in [-0.2, 0) is 10.0 Å². The maximum Gasteiger partial charge on any atom is 0.243 e. The van der Waals surface area contributed by atoms with Crippen molar-refractivity contribution in [1.82, 2.24) is 9.71 Å². The quantitative estimate of drug-likeness (QED) is 0.722. The van der Waals surface area contributed by atoms with E-state index in [-0.39, 0.29) is 11.4 Å². The minimum atomic E-state index is -3.68. The zero-order valence-electron chi connectivity index (χ0n) is 14.6. The number of benzene rings is 2. The molecule has 0 spiro atoms. The Bertz CT molecular complexity index is 1070. The molecule has 1 aromatic heterocycles. The van der Waals surface area contributed by atoms with E-state index in [1.165, 1.54) is 0 Å². The molecule has 1 N–H and O–H groups in total. The Morgan fingerprint density at radius 2 is 1.77 bits per heavy atom. The summed E-state index contributed by atoms with van der Waals surface area (Å²) < 4.78 is 27.6. The highest BCUT2D eigenvalue weighted by molar-refractivity contribution is 7.89. The maximum atomic E-state index is 12.6. The molecule has 26 heavy (non-hydrogen) atoms. The summed E-state index contributed by atoms with van der Waals surface area (Å²) in [6.07, 6.45) is 1.58. The molecular weight excluding hydrogens is 346 g/mol. The van der Waals surface area contributed by atoms with Gasteiger partial charge >= 0.3 is 0 Å². The number of fused-ring (bicyclic) bond motifs is 1. The first kappa shape index (κ1) is 17.9. The first-order valence-electron chi connectivity index (χ1n) is 8.07. The lowest BCUT2D eigenvalue weighted by Gasteiger charge is -2.11. The van der Waals surface area contributed by atoms with Crippen molar-refractivity contribution in [3.8, 4) is 11.8 Å². The smallest absolute Gasteiger partial charge is 0.243 e. The van der Waals surface area contributed by atoms with Gasteiger partial charge in [-0.25, -0.2) is 8.42 Å². The summed E-state index contributed by atoms with van der Waals surface area (Å²) in [7, 11) is 0.259. The van der Waals surface area contributed by atoms with Crippen molar-refractivity contribution in [1.29, 1.82) is 0 Å². The number of anilines is 1. The van der Waals surface area contributed by atoms with Crippen molar-refractivity contribution in [2.24, 2.45) is 0 Å². The minimum absolute atomic E-state index is 0.0288. The van der Waals surface area contributed by atoms with Crippen LogP contribution in [0.15, 0.2) is 65.7 Å². The van der Waals surface area contributed by atoms with Crippen LogP contribution in [-0.4, -0.2) is 34.0 Å². The van der Waals surface area contributed by atoms with E-state index >= 15 is 0 Å². The summed E-state index contributed by atoms with van der Waals surface area (Å²) in [5, 5.41) is 0.780. The molecule has 0 saturated heterocycles. The lowest BCUT2D eigenvalue weighted by Crippen LogP contribution is -2.24. The molecule has 0 aliphatic rings. The molecule has 132 valence electrons. The van der Waals surface area contributed by atoms with Gasteiger partial charge in [0.05, 0.1) is 12.1 Å². The molecule has 2 aromatic carbocycles. The standard InChI is InChI=1S/C20H19N3O2S/c1-23(2)18-12-10-16(11-13-18)6-4-15-22-26(24,25)19-9-3-7-17-8-5-14-21-20(17)19/h3,5,7-14,22H,15H2,1-2H3. The van der Waals surface area contributed by atoms with Crippen LogP contribution in [0.3, 0.4) is 0 Å². The van der Waals surface area contributed by atoms with Gasteiger partial charge in [-0.05, 0) is 36.4 Å². The molecule has 0 aliphatic heterocycles. The fraction of sp³-hybridized carbons (Fsp3) is 0.150. The molecule has 3 rings (SSSR count). The second kappa shape index (κ2) is 7.56. The lowest BCUT2D eigenvalue weighted by atomic mass is 10.2. The first-order chi connectivity index (χ1) is 12.5. The third kappa shape index (κ3) is 4.02. The van der Waals surface area contributed by atoms with Crippen molar-refractivity contribution >= 4 is 26.6 Å². The van der Waals surface area contributed by atoms with E-state index in [1.54, 1.807) is 24.4 Å². The van der Waals surface area contributed by atoms with Gasteiger partial charge in [0, 0.05) is 36.9 Å². The number of aromatic nitrogens is 1. The number of hydrogen-bond donors (Lipinski definition) is 1. The molecular formula is C20H19N3O2S. The number of hydrogen-bond acceptors (Lipinski definition) is 4. The fourth-order valence-corrected chi connectivity index (χ4v) is 3.59. The average molecular weight is 365 g/mol. The number of nitrogens with one attached hydrogen (secondary N) is 1. The summed E-state index contributed by atoms with van der Waals surface area (Å²) in [5.41, 5.74) is 2.37. The molecule has 3 aromatic rings. The Morgan fingerprint density at radius 1 is 1.04 bits per heavy atom. The largest absolute Gasteiger partial charge is 0.378 e. The highest BCUT2D eigenvalue weighted by Crippen LogP contribution is 2.20. The molecule has 0 aliphatic carbocycles. The van der Waals surface area contributed by atoms with Gasteiger partial charge in [-0.15, -0.1) is 0 Å². The molecule has 0 bridgehead atoms. The van der Waals surface area contributed by atoms with Crippen molar-refractivity contribution < 1.29 is 8.42 Å². The van der Waals surface area contributed by atoms with Gasteiger partial charge in [0.15, 0.2) is 0 Å². The molecule has 0 saturated carbocycles. The van der Waals surface area contributed by atoms with Gasteiger partial charge in [-0.1, -0.05) is 30.0 Å². The van der Waals surface area contributed by atoms with Crippen LogP contribution in [0.25, 0.3) is 10.9 Å². The molecule has 5 nitrogen and oxygen atoms in total. The van der Waals surface area contributed by atoms with E-state index in [9.17, 15) is 8.42 Å². The van der Waals surface area contributed by atoms with Crippen LogP contribution < -0.4 is 9.62 Å². The molecule has 0 radical (unpaired) electrons. The molecule has 6 heteroatoms. The monoisotopic (exact) mass is 365 g/mol. The van der Waals surface area contributed by atoms with E-state index in [2.05, 4.69) is 21.5 Å². The molecule has 0 amide bonds. The summed E-state index contributed by atoms with van der Waals surface area (Å²) in [5.74, 6) is 5.81. The van der Waals surface area contributed by atoms with E-state index in [0.717, 1.165) is 16.6 Å². The first-order valence-corrected chi connectivity index (χ1v) is 9.55. The van der Waals surface area contributed by atoms with Gasteiger partial charge in [-0.3, -0.25) is 4.98 Å². The van der Waals surface area contributed by atoms with Crippen molar-refractivity contribution in [2.45, 2.75) is 4.90 Å². The second-order valence-electron chi connectivity index (χ2n) is 5.90. The van der Waals surface area contributed by atoms with Crippen LogP contribution in [0, 0.1) is 11.8 Å². The summed E-state index contributed by atoms with van der Waals surface area (Å²) in [4.78, 5) is 6.35. The summed E-state index contributed by atoms with van der Waals surface area (Å²) >= 11 is 0. The van der Waals surface area contributed by atoms with Crippen LogP contribution in [0.2, 0.25) is 0 Å². The SMILES string of the molecule is CN(C)c1ccc(C#CCNS(=O)(=O)c2cccc3cccnc23)cc1. The predicted molar refractivity (Wildman–Crippen MR) is 105 cm³/mol. The van der Waals surface area contributed by atoms with Crippen LogP contribution in [0.5, 0.6) is 0 Å². The van der Waals surface area contributed by atoms with E-state index in [1.807, 2.05) is 55.4 Å². The third-order valence-electron chi connectivity index (χ3n) is 3.85. The Balaban J connectivity index is 1.73. The number of rotatable bonds is 4. The Kier molecular flexibility index (Phi) is 5.21.